The second-order valence-corrected chi connectivity index (χ2v) is 9.36. The molecule has 0 aromatic heterocycles. The largest absolute Gasteiger partial charge is 0.479 e. The molecule has 1 heterocycles. The van der Waals surface area contributed by atoms with Crippen LogP contribution in [0.4, 0.5) is 4.79 Å². The highest BCUT2D eigenvalue weighted by Gasteiger charge is 2.50. The number of carbonyl (C=O) groups excluding carboxylic acids is 1. The molecular weight excluding hydrogens is 354 g/mol. The molecule has 5 heteroatoms. The van der Waals surface area contributed by atoms with Gasteiger partial charge in [-0.25, -0.2) is 9.59 Å². The summed E-state index contributed by atoms with van der Waals surface area (Å²) in [4.78, 5) is 26.1. The molecule has 164 valence electrons. The average molecular weight is 398 g/mol. The fraction of sp³-hybridized carbons (Fsp3) is 0.913. The zero-order chi connectivity index (χ0) is 21.0. The summed E-state index contributed by atoms with van der Waals surface area (Å²) in [6, 6.07) is 0. The van der Waals surface area contributed by atoms with E-state index in [1.807, 2.05) is 20.8 Å². The van der Waals surface area contributed by atoms with E-state index < -0.39 is 23.2 Å². The van der Waals surface area contributed by atoms with Gasteiger partial charge in [0.25, 0.3) is 0 Å². The normalized spacial score (nSPS) is 19.8. The molecule has 0 radical (unpaired) electrons. The quantitative estimate of drug-likeness (QED) is 0.358. The maximum Gasteiger partial charge on any atom is 0.411 e. The highest BCUT2D eigenvalue weighted by atomic mass is 16.6. The van der Waals surface area contributed by atoms with Crippen LogP contribution >= 0.6 is 0 Å². The van der Waals surface area contributed by atoms with Crippen LogP contribution in [0.5, 0.6) is 0 Å². The van der Waals surface area contributed by atoms with E-state index >= 15 is 0 Å². The maximum atomic E-state index is 12.5. The monoisotopic (exact) mass is 397 g/mol. The number of carboxylic acid groups (broad SMARTS) is 1. The number of amides is 1. The van der Waals surface area contributed by atoms with E-state index in [1.54, 1.807) is 0 Å². The molecule has 1 aliphatic heterocycles. The van der Waals surface area contributed by atoms with Crippen LogP contribution in [-0.4, -0.2) is 39.8 Å². The third kappa shape index (κ3) is 8.40. The molecule has 1 amide bonds. The number of likely N-dealkylation sites (tertiary alicyclic amines) is 1. The molecule has 0 aromatic carbocycles. The fourth-order valence-electron chi connectivity index (χ4n) is 4.13. The van der Waals surface area contributed by atoms with Gasteiger partial charge in [-0.15, -0.1) is 0 Å². The summed E-state index contributed by atoms with van der Waals surface area (Å²) in [6.45, 7) is 8.15. The number of rotatable bonds is 13. The van der Waals surface area contributed by atoms with Crippen molar-refractivity contribution in [1.82, 2.24) is 4.90 Å². The number of unbranched alkanes of at least 4 members (excludes halogenated alkanes) is 10. The van der Waals surface area contributed by atoms with E-state index in [4.69, 9.17) is 4.74 Å². The Hall–Kier alpha value is -1.26. The Labute approximate surface area is 172 Å². The summed E-state index contributed by atoms with van der Waals surface area (Å²) in [7, 11) is 0. The predicted molar refractivity (Wildman–Crippen MR) is 114 cm³/mol. The van der Waals surface area contributed by atoms with Crippen LogP contribution in [0.15, 0.2) is 0 Å². The third-order valence-electron chi connectivity index (χ3n) is 5.69. The lowest BCUT2D eigenvalue weighted by Gasteiger charge is -2.36. The Morgan fingerprint density at radius 3 is 1.89 bits per heavy atom. The Morgan fingerprint density at radius 2 is 1.43 bits per heavy atom. The van der Waals surface area contributed by atoms with Crippen LogP contribution in [0.1, 0.15) is 118 Å². The highest BCUT2D eigenvalue weighted by Crippen LogP contribution is 2.36. The predicted octanol–water partition coefficient (Wildman–Crippen LogP) is 6.54. The van der Waals surface area contributed by atoms with Gasteiger partial charge in [-0.2, -0.15) is 0 Å². The number of hydrogen-bond acceptors (Lipinski definition) is 3. The molecule has 0 aliphatic carbocycles. The molecule has 0 bridgehead atoms. The number of nitrogens with zero attached hydrogens (tertiary/aromatic N) is 1. The first-order chi connectivity index (χ1) is 13.2. The van der Waals surface area contributed by atoms with Crippen LogP contribution in [0.2, 0.25) is 0 Å². The Bertz CT molecular complexity index is 472. The summed E-state index contributed by atoms with van der Waals surface area (Å²) < 4.78 is 5.46. The van der Waals surface area contributed by atoms with E-state index in [1.165, 1.54) is 56.3 Å². The summed E-state index contributed by atoms with van der Waals surface area (Å²) in [5.74, 6) is -0.886. The van der Waals surface area contributed by atoms with Gasteiger partial charge >= 0.3 is 12.1 Å². The van der Waals surface area contributed by atoms with Crippen molar-refractivity contribution < 1.29 is 19.4 Å². The molecule has 28 heavy (non-hydrogen) atoms. The Kier molecular flexibility index (Phi) is 10.9. The molecule has 5 nitrogen and oxygen atoms in total. The van der Waals surface area contributed by atoms with Gasteiger partial charge in [0, 0.05) is 6.54 Å². The highest BCUT2D eigenvalue weighted by molar-refractivity contribution is 5.85. The van der Waals surface area contributed by atoms with Gasteiger partial charge in [0.15, 0.2) is 0 Å². The van der Waals surface area contributed by atoms with Crippen molar-refractivity contribution in [3.63, 3.8) is 0 Å². The second kappa shape index (κ2) is 12.3. The minimum Gasteiger partial charge on any atom is -0.479 e. The maximum absolute atomic E-state index is 12.5. The van der Waals surface area contributed by atoms with E-state index in [-0.39, 0.29) is 0 Å². The van der Waals surface area contributed by atoms with Crippen molar-refractivity contribution in [2.75, 3.05) is 6.54 Å². The first kappa shape index (κ1) is 24.8. The van der Waals surface area contributed by atoms with E-state index in [9.17, 15) is 14.7 Å². The SMILES string of the molecule is CCCCCCCCCCCCC[C@@]1(C(=O)O)CCCN1C(=O)OC(C)(C)C. The lowest BCUT2D eigenvalue weighted by Crippen LogP contribution is -2.54. The molecule has 1 rings (SSSR count). The van der Waals surface area contributed by atoms with Gasteiger partial charge in [-0.3, -0.25) is 4.90 Å². The van der Waals surface area contributed by atoms with Crippen LogP contribution in [0, 0.1) is 0 Å². The lowest BCUT2D eigenvalue weighted by molar-refractivity contribution is -0.150. The van der Waals surface area contributed by atoms with E-state index in [0.717, 1.165) is 25.7 Å². The van der Waals surface area contributed by atoms with Gasteiger partial charge in [0.2, 0.25) is 0 Å². The van der Waals surface area contributed by atoms with Crippen molar-refractivity contribution in [2.24, 2.45) is 0 Å². The first-order valence-corrected chi connectivity index (χ1v) is 11.5. The van der Waals surface area contributed by atoms with Crippen molar-refractivity contribution in [2.45, 2.75) is 129 Å². The minimum atomic E-state index is -1.08. The van der Waals surface area contributed by atoms with Gasteiger partial charge in [-0.05, 0) is 40.0 Å². The number of hydrogen-bond donors (Lipinski definition) is 1. The summed E-state index contributed by atoms with van der Waals surface area (Å²) >= 11 is 0. The topological polar surface area (TPSA) is 66.8 Å². The van der Waals surface area contributed by atoms with Gasteiger partial charge in [0.1, 0.15) is 11.1 Å². The standard InChI is InChI=1S/C23H43NO4/c1-5-6-7-8-9-10-11-12-13-14-15-17-23(20(25)26)18-16-19-24(23)21(27)28-22(2,3)4/h5-19H2,1-4H3,(H,25,26)/t23-/m0/s1. The van der Waals surface area contributed by atoms with Crippen molar-refractivity contribution in [1.29, 1.82) is 0 Å². The number of carboxylic acids is 1. The van der Waals surface area contributed by atoms with Crippen molar-refractivity contribution in [3.8, 4) is 0 Å². The zero-order valence-electron chi connectivity index (χ0n) is 18.7. The van der Waals surface area contributed by atoms with Gasteiger partial charge < -0.3 is 9.84 Å². The summed E-state index contributed by atoms with van der Waals surface area (Å²) in [6.07, 6.45) is 14.8. The van der Waals surface area contributed by atoms with Crippen LogP contribution in [-0.2, 0) is 9.53 Å². The van der Waals surface area contributed by atoms with Crippen molar-refractivity contribution >= 4 is 12.1 Å². The van der Waals surface area contributed by atoms with Crippen LogP contribution < -0.4 is 0 Å². The lowest BCUT2D eigenvalue weighted by atomic mass is 9.89. The molecular formula is C23H43NO4. The molecule has 0 aromatic rings. The van der Waals surface area contributed by atoms with Crippen LogP contribution in [0.25, 0.3) is 0 Å². The molecule has 1 fully saturated rings. The van der Waals surface area contributed by atoms with Crippen molar-refractivity contribution in [3.05, 3.63) is 0 Å². The molecule has 0 unspecified atom stereocenters. The number of aliphatic carboxylic acids is 1. The van der Waals surface area contributed by atoms with E-state index in [2.05, 4.69) is 6.92 Å². The molecule has 0 saturated carbocycles. The Morgan fingerprint density at radius 1 is 0.929 bits per heavy atom. The summed E-state index contributed by atoms with van der Waals surface area (Å²) in [5, 5.41) is 9.89. The van der Waals surface area contributed by atoms with Gasteiger partial charge in [-0.1, -0.05) is 77.6 Å². The Balaban J connectivity index is 2.34. The summed E-state index contributed by atoms with van der Waals surface area (Å²) in [5.41, 5.74) is -1.69. The average Bonchev–Trinajstić information content (AvgIpc) is 3.03. The van der Waals surface area contributed by atoms with Crippen LogP contribution in [0.3, 0.4) is 0 Å². The number of carbonyl (C=O) groups is 2. The minimum absolute atomic E-state index is 0.471. The van der Waals surface area contributed by atoms with Gasteiger partial charge in [0.05, 0.1) is 0 Å². The molecule has 1 atom stereocenters. The fourth-order valence-corrected chi connectivity index (χ4v) is 4.13. The molecule has 1 N–H and O–H groups in total. The smallest absolute Gasteiger partial charge is 0.411 e. The molecule has 0 spiro atoms. The zero-order valence-corrected chi connectivity index (χ0v) is 18.7. The number of ether oxygens (including phenoxy) is 1. The molecule has 1 saturated heterocycles. The second-order valence-electron chi connectivity index (χ2n) is 9.36. The third-order valence-corrected chi connectivity index (χ3v) is 5.69. The molecule has 1 aliphatic rings. The van der Waals surface area contributed by atoms with E-state index in [0.29, 0.717) is 19.4 Å². The first-order valence-electron chi connectivity index (χ1n) is 11.5.